The Kier molecular flexibility index (Phi) is 5.01. The highest BCUT2D eigenvalue weighted by Gasteiger charge is 2.41. The van der Waals surface area contributed by atoms with E-state index in [0.717, 1.165) is 26.1 Å². The highest BCUT2D eigenvalue weighted by atomic mass is 16.5. The average molecular weight is 314 g/mol. The van der Waals surface area contributed by atoms with Crippen molar-refractivity contribution in [2.24, 2.45) is 5.92 Å². The quantitative estimate of drug-likeness (QED) is 0.797. The summed E-state index contributed by atoms with van der Waals surface area (Å²) < 4.78 is 5.39. The van der Waals surface area contributed by atoms with Gasteiger partial charge in [-0.3, -0.25) is 0 Å². The first-order valence-electron chi connectivity index (χ1n) is 8.51. The highest BCUT2D eigenvalue weighted by Crippen LogP contribution is 2.34. The molecule has 1 aromatic carbocycles. The molecule has 23 heavy (non-hydrogen) atoms. The van der Waals surface area contributed by atoms with Crippen LogP contribution in [0.1, 0.15) is 31.4 Å². The van der Waals surface area contributed by atoms with Crippen molar-refractivity contribution in [1.82, 2.24) is 9.80 Å². The number of urea groups is 1. The normalized spacial score (nSPS) is 26.4. The van der Waals surface area contributed by atoms with Gasteiger partial charge in [0.1, 0.15) is 0 Å². The Bertz CT molecular complexity index is 552. The van der Waals surface area contributed by atoms with Crippen LogP contribution in [-0.4, -0.2) is 48.7 Å². The third kappa shape index (κ3) is 3.42. The first kappa shape index (κ1) is 16.1. The number of allylic oxidation sites excluding steroid dienone is 1. The van der Waals surface area contributed by atoms with Gasteiger partial charge in [0.25, 0.3) is 0 Å². The van der Waals surface area contributed by atoms with E-state index < -0.39 is 0 Å². The van der Waals surface area contributed by atoms with Crippen LogP contribution in [0.2, 0.25) is 0 Å². The van der Waals surface area contributed by atoms with E-state index in [4.69, 9.17) is 4.74 Å². The summed E-state index contributed by atoms with van der Waals surface area (Å²) in [6.45, 7) is 4.50. The van der Waals surface area contributed by atoms with Gasteiger partial charge in [-0.1, -0.05) is 42.5 Å². The zero-order valence-electron chi connectivity index (χ0n) is 14.0. The van der Waals surface area contributed by atoms with Crippen LogP contribution in [0.3, 0.4) is 0 Å². The summed E-state index contributed by atoms with van der Waals surface area (Å²) in [5, 5.41) is 0. The first-order valence-corrected chi connectivity index (χ1v) is 8.51. The highest BCUT2D eigenvalue weighted by molar-refractivity contribution is 5.78. The lowest BCUT2D eigenvalue weighted by Crippen LogP contribution is -2.31. The fraction of sp³-hybridized carbons (Fsp3) is 0.526. The van der Waals surface area contributed by atoms with Crippen LogP contribution >= 0.6 is 0 Å². The van der Waals surface area contributed by atoms with Crippen molar-refractivity contribution in [3.63, 3.8) is 0 Å². The fourth-order valence-corrected chi connectivity index (χ4v) is 3.54. The molecule has 0 aliphatic carbocycles. The number of rotatable bonds is 4. The van der Waals surface area contributed by atoms with E-state index in [1.165, 1.54) is 5.56 Å². The Balaban J connectivity index is 1.72. The summed E-state index contributed by atoms with van der Waals surface area (Å²) in [5.41, 5.74) is 1.21. The van der Waals surface area contributed by atoms with E-state index in [0.29, 0.717) is 12.5 Å². The van der Waals surface area contributed by atoms with Gasteiger partial charge < -0.3 is 14.5 Å². The third-order valence-electron chi connectivity index (χ3n) is 5.07. The topological polar surface area (TPSA) is 32.8 Å². The predicted octanol–water partition coefficient (Wildman–Crippen LogP) is 3.47. The molecule has 2 aliphatic rings. The zero-order valence-corrected chi connectivity index (χ0v) is 14.0. The van der Waals surface area contributed by atoms with Gasteiger partial charge in [0.2, 0.25) is 0 Å². The van der Waals surface area contributed by atoms with Crippen LogP contribution in [0.4, 0.5) is 4.79 Å². The number of hydrogen-bond donors (Lipinski definition) is 0. The molecule has 0 aromatic heterocycles. The molecule has 1 aromatic rings. The number of carbonyl (C=O) groups excluding carboxylic acids is 1. The molecule has 2 atom stereocenters. The molecule has 4 heteroatoms. The standard InChI is InChI=1S/C19H26N2O2/c1-15-18(17-8-4-3-5-9-17)21(19(22)20(15)2)12-6-7-16-10-13-23-14-11-16/h3-9,15-16,18H,10-14H2,1-2H3/t15-,18-/m0/s1. The molecule has 2 fully saturated rings. The summed E-state index contributed by atoms with van der Waals surface area (Å²) in [7, 11) is 1.89. The molecule has 0 bridgehead atoms. The van der Waals surface area contributed by atoms with Crippen molar-refractivity contribution in [1.29, 1.82) is 0 Å². The number of nitrogens with zero attached hydrogens (tertiary/aromatic N) is 2. The molecule has 0 saturated carbocycles. The predicted molar refractivity (Wildman–Crippen MR) is 91.2 cm³/mol. The van der Waals surface area contributed by atoms with Crippen LogP contribution in [0, 0.1) is 5.92 Å². The van der Waals surface area contributed by atoms with Crippen molar-refractivity contribution in [3.05, 3.63) is 48.0 Å². The molecule has 4 nitrogen and oxygen atoms in total. The van der Waals surface area contributed by atoms with Crippen molar-refractivity contribution < 1.29 is 9.53 Å². The molecular formula is C19H26N2O2. The minimum absolute atomic E-state index is 0.114. The molecule has 124 valence electrons. The summed E-state index contributed by atoms with van der Waals surface area (Å²) in [6, 6.07) is 10.7. The van der Waals surface area contributed by atoms with Crippen molar-refractivity contribution in [3.8, 4) is 0 Å². The molecule has 0 N–H and O–H groups in total. The van der Waals surface area contributed by atoms with Crippen LogP contribution in [-0.2, 0) is 4.74 Å². The molecule has 0 unspecified atom stereocenters. The third-order valence-corrected chi connectivity index (χ3v) is 5.07. The van der Waals surface area contributed by atoms with Gasteiger partial charge in [0.05, 0.1) is 12.1 Å². The second-order valence-electron chi connectivity index (χ2n) is 6.52. The van der Waals surface area contributed by atoms with Crippen molar-refractivity contribution in [2.75, 3.05) is 26.8 Å². The minimum Gasteiger partial charge on any atom is -0.381 e. The van der Waals surface area contributed by atoms with Gasteiger partial charge in [-0.25, -0.2) is 4.79 Å². The van der Waals surface area contributed by atoms with Gasteiger partial charge >= 0.3 is 6.03 Å². The fourth-order valence-electron chi connectivity index (χ4n) is 3.54. The molecule has 0 radical (unpaired) electrons. The maximum atomic E-state index is 12.6. The van der Waals surface area contributed by atoms with Crippen LogP contribution in [0.25, 0.3) is 0 Å². The first-order chi connectivity index (χ1) is 11.2. The van der Waals surface area contributed by atoms with E-state index in [9.17, 15) is 4.79 Å². The van der Waals surface area contributed by atoms with E-state index >= 15 is 0 Å². The van der Waals surface area contributed by atoms with Crippen LogP contribution in [0.5, 0.6) is 0 Å². The van der Waals surface area contributed by atoms with Gasteiger partial charge in [-0.05, 0) is 31.2 Å². The molecule has 2 heterocycles. The lowest BCUT2D eigenvalue weighted by atomic mass is 9.99. The van der Waals surface area contributed by atoms with Crippen LogP contribution < -0.4 is 0 Å². The number of likely N-dealkylation sites (N-methyl/N-ethyl adjacent to an activating group) is 1. The van der Waals surface area contributed by atoms with Gasteiger partial charge in [-0.15, -0.1) is 0 Å². The maximum absolute atomic E-state index is 12.6. The van der Waals surface area contributed by atoms with E-state index in [1.54, 1.807) is 0 Å². The van der Waals surface area contributed by atoms with Gasteiger partial charge in [-0.2, -0.15) is 0 Å². The van der Waals surface area contributed by atoms with Crippen LogP contribution in [0.15, 0.2) is 42.5 Å². The lowest BCUT2D eigenvalue weighted by Gasteiger charge is -2.25. The largest absolute Gasteiger partial charge is 0.381 e. The summed E-state index contributed by atoms with van der Waals surface area (Å²) >= 11 is 0. The summed E-state index contributed by atoms with van der Waals surface area (Å²) in [5.74, 6) is 0.590. The molecule has 3 rings (SSSR count). The van der Waals surface area contributed by atoms with Crippen molar-refractivity contribution >= 4 is 6.03 Å². The second kappa shape index (κ2) is 7.18. The Morgan fingerprint density at radius 1 is 1.22 bits per heavy atom. The summed E-state index contributed by atoms with van der Waals surface area (Å²) in [4.78, 5) is 16.4. The Hall–Kier alpha value is -1.81. The number of ether oxygens (including phenoxy) is 1. The van der Waals surface area contributed by atoms with Crippen molar-refractivity contribution in [2.45, 2.75) is 31.8 Å². The monoisotopic (exact) mass is 314 g/mol. The van der Waals surface area contributed by atoms with Gasteiger partial charge in [0.15, 0.2) is 0 Å². The van der Waals surface area contributed by atoms with E-state index in [-0.39, 0.29) is 18.1 Å². The molecular weight excluding hydrogens is 288 g/mol. The smallest absolute Gasteiger partial charge is 0.320 e. The molecule has 2 aliphatic heterocycles. The number of carbonyl (C=O) groups is 1. The SMILES string of the molecule is C[C@H]1[C@@H](c2ccccc2)N(CC=CC2CCOCC2)C(=O)N1C. The Morgan fingerprint density at radius 3 is 2.61 bits per heavy atom. The number of benzene rings is 1. The van der Waals surface area contributed by atoms with Gasteiger partial charge in [0, 0.05) is 26.8 Å². The minimum atomic E-state index is 0.114. The molecule has 2 saturated heterocycles. The number of hydrogen-bond acceptors (Lipinski definition) is 2. The Labute approximate surface area is 138 Å². The average Bonchev–Trinajstić information content (AvgIpc) is 2.81. The lowest BCUT2D eigenvalue weighted by molar-refractivity contribution is 0.0784. The maximum Gasteiger partial charge on any atom is 0.320 e. The summed E-state index contributed by atoms with van der Waals surface area (Å²) in [6.07, 6.45) is 6.60. The molecule has 2 amide bonds. The zero-order chi connectivity index (χ0) is 16.2. The van der Waals surface area contributed by atoms with E-state index in [2.05, 4.69) is 31.2 Å². The number of amides is 2. The second-order valence-corrected chi connectivity index (χ2v) is 6.52. The van der Waals surface area contributed by atoms with E-state index in [1.807, 2.05) is 35.0 Å². The molecule has 0 spiro atoms. The Morgan fingerprint density at radius 2 is 1.91 bits per heavy atom.